The molecule has 1 saturated heterocycles. The van der Waals surface area contributed by atoms with Crippen molar-refractivity contribution >= 4 is 34.9 Å². The molecule has 0 spiro atoms. The molecule has 1 amide bonds. The van der Waals surface area contributed by atoms with E-state index in [1.807, 2.05) is 6.07 Å². The van der Waals surface area contributed by atoms with Gasteiger partial charge >= 0.3 is 0 Å². The first kappa shape index (κ1) is 12.9. The number of carbonyl (C=O) groups is 2. The molecule has 1 aliphatic carbocycles. The van der Waals surface area contributed by atoms with Gasteiger partial charge < -0.3 is 4.90 Å². The maximum Gasteiger partial charge on any atom is 0.233 e. The first-order valence-corrected chi connectivity index (χ1v) is 7.05. The first-order valence-electron chi connectivity index (χ1n) is 6.29. The average Bonchev–Trinajstić information content (AvgIpc) is 3.04. The van der Waals surface area contributed by atoms with Crippen LogP contribution in [-0.2, 0) is 15.0 Å². The largest absolute Gasteiger partial charge is 0.334 e. The number of carbonyl (C=O) groups excluding carboxylic acids is 2. The van der Waals surface area contributed by atoms with Crippen LogP contribution < -0.4 is 0 Å². The van der Waals surface area contributed by atoms with Gasteiger partial charge in [0, 0.05) is 23.0 Å². The predicted molar refractivity (Wildman–Crippen MR) is 73.6 cm³/mol. The number of likely N-dealkylation sites (tertiary alicyclic amines) is 1. The van der Waals surface area contributed by atoms with E-state index in [0.717, 1.165) is 18.4 Å². The molecule has 0 atom stereocenters. The Bertz CT molecular complexity index is 567. The molecule has 2 aliphatic rings. The number of benzene rings is 1. The summed E-state index contributed by atoms with van der Waals surface area (Å²) in [5.41, 5.74) is 0.314. The number of Topliss-reactive ketones (excluding diaryl/α,β-unsaturated/α-hetero) is 1. The Kier molecular flexibility index (Phi) is 3.06. The Balaban J connectivity index is 1.90. The van der Waals surface area contributed by atoms with Crippen molar-refractivity contribution in [1.82, 2.24) is 4.90 Å². The van der Waals surface area contributed by atoms with Crippen LogP contribution in [0.5, 0.6) is 0 Å². The van der Waals surface area contributed by atoms with Crippen LogP contribution in [0.1, 0.15) is 24.8 Å². The first-order chi connectivity index (χ1) is 9.03. The number of hydrogen-bond acceptors (Lipinski definition) is 2. The van der Waals surface area contributed by atoms with Gasteiger partial charge in [-0.15, -0.1) is 0 Å². The Morgan fingerprint density at radius 1 is 1.26 bits per heavy atom. The smallest absolute Gasteiger partial charge is 0.233 e. The lowest BCUT2D eigenvalue weighted by Gasteiger charge is -2.23. The third-order valence-corrected chi connectivity index (χ3v) is 4.47. The standard InChI is InChI=1S/C14H13Cl2NO2/c15-9-1-2-11(12(16)7-9)14(4-5-14)13(19)17-6-3-10(18)8-17/h1-2,7H,3-6,8H2. The zero-order chi connectivity index (χ0) is 13.6. The summed E-state index contributed by atoms with van der Waals surface area (Å²) in [5, 5.41) is 1.09. The van der Waals surface area contributed by atoms with E-state index < -0.39 is 5.41 Å². The van der Waals surface area contributed by atoms with Gasteiger partial charge in [-0.3, -0.25) is 9.59 Å². The predicted octanol–water partition coefficient (Wildman–Crippen LogP) is 2.83. The SMILES string of the molecule is O=C1CCN(C(=O)C2(c3ccc(Cl)cc3Cl)CC2)C1. The van der Waals surface area contributed by atoms with Crippen LogP contribution in [0.3, 0.4) is 0 Å². The number of nitrogens with zero attached hydrogens (tertiary/aromatic N) is 1. The van der Waals surface area contributed by atoms with Crippen LogP contribution in [-0.4, -0.2) is 29.7 Å². The van der Waals surface area contributed by atoms with Gasteiger partial charge in [-0.2, -0.15) is 0 Å². The Morgan fingerprint density at radius 2 is 2.00 bits per heavy atom. The van der Waals surface area contributed by atoms with Crippen LogP contribution in [0.25, 0.3) is 0 Å². The van der Waals surface area contributed by atoms with E-state index in [1.54, 1.807) is 17.0 Å². The van der Waals surface area contributed by atoms with Crippen LogP contribution in [0.4, 0.5) is 0 Å². The van der Waals surface area contributed by atoms with E-state index in [1.165, 1.54) is 0 Å². The Labute approximate surface area is 121 Å². The molecule has 0 aromatic heterocycles. The molecule has 1 heterocycles. The van der Waals surface area contributed by atoms with Crippen molar-refractivity contribution in [2.24, 2.45) is 0 Å². The van der Waals surface area contributed by atoms with Gasteiger partial charge in [0.15, 0.2) is 5.78 Å². The normalized spacial score (nSPS) is 20.7. The second-order valence-electron chi connectivity index (χ2n) is 5.22. The van der Waals surface area contributed by atoms with Crippen molar-refractivity contribution in [3.8, 4) is 0 Å². The molecule has 1 aromatic carbocycles. The summed E-state index contributed by atoms with van der Waals surface area (Å²) in [4.78, 5) is 25.6. The fraction of sp³-hybridized carbons (Fsp3) is 0.429. The zero-order valence-corrected chi connectivity index (χ0v) is 11.8. The minimum absolute atomic E-state index is 0.0302. The molecule has 1 aromatic rings. The highest BCUT2D eigenvalue weighted by Gasteiger charge is 2.54. The van der Waals surface area contributed by atoms with Crippen molar-refractivity contribution in [1.29, 1.82) is 0 Å². The summed E-state index contributed by atoms with van der Waals surface area (Å²) in [6.07, 6.45) is 2.05. The molecule has 0 N–H and O–H groups in total. The Hall–Kier alpha value is -1.06. The van der Waals surface area contributed by atoms with Crippen molar-refractivity contribution in [3.05, 3.63) is 33.8 Å². The molecule has 0 bridgehead atoms. The average molecular weight is 298 g/mol. The molecule has 0 radical (unpaired) electrons. The molecule has 19 heavy (non-hydrogen) atoms. The van der Waals surface area contributed by atoms with Gasteiger partial charge in [0.2, 0.25) is 5.91 Å². The van der Waals surface area contributed by atoms with Gasteiger partial charge in [-0.05, 0) is 30.5 Å². The summed E-state index contributed by atoms with van der Waals surface area (Å²) in [5.74, 6) is 0.161. The third kappa shape index (κ3) is 2.15. The topological polar surface area (TPSA) is 37.4 Å². The van der Waals surface area contributed by atoms with Crippen molar-refractivity contribution in [3.63, 3.8) is 0 Å². The fourth-order valence-electron chi connectivity index (χ4n) is 2.71. The highest BCUT2D eigenvalue weighted by Crippen LogP contribution is 2.52. The van der Waals surface area contributed by atoms with Gasteiger partial charge in [-0.25, -0.2) is 0 Å². The number of rotatable bonds is 2. The molecular formula is C14H13Cl2NO2. The molecule has 1 saturated carbocycles. The van der Waals surface area contributed by atoms with E-state index in [-0.39, 0.29) is 18.2 Å². The lowest BCUT2D eigenvalue weighted by Crippen LogP contribution is -2.38. The molecule has 1 aliphatic heterocycles. The van der Waals surface area contributed by atoms with E-state index >= 15 is 0 Å². The summed E-state index contributed by atoms with van der Waals surface area (Å²) < 4.78 is 0. The third-order valence-electron chi connectivity index (χ3n) is 3.92. The van der Waals surface area contributed by atoms with Crippen molar-refractivity contribution < 1.29 is 9.59 Å². The fourth-order valence-corrected chi connectivity index (χ4v) is 3.30. The highest BCUT2D eigenvalue weighted by atomic mass is 35.5. The van der Waals surface area contributed by atoms with Crippen LogP contribution in [0, 0.1) is 0 Å². The molecule has 3 nitrogen and oxygen atoms in total. The summed E-state index contributed by atoms with van der Waals surface area (Å²) in [6.45, 7) is 0.774. The number of amides is 1. The van der Waals surface area contributed by atoms with Crippen molar-refractivity contribution in [2.45, 2.75) is 24.7 Å². The van der Waals surface area contributed by atoms with E-state index in [9.17, 15) is 9.59 Å². The van der Waals surface area contributed by atoms with E-state index in [0.29, 0.717) is 23.0 Å². The maximum absolute atomic E-state index is 12.6. The molecule has 2 fully saturated rings. The van der Waals surface area contributed by atoms with E-state index in [4.69, 9.17) is 23.2 Å². The van der Waals surface area contributed by atoms with Gasteiger partial charge in [0.1, 0.15) is 0 Å². The summed E-state index contributed by atoms with van der Waals surface area (Å²) in [6, 6.07) is 5.25. The summed E-state index contributed by atoms with van der Waals surface area (Å²) >= 11 is 12.1. The minimum Gasteiger partial charge on any atom is -0.334 e. The lowest BCUT2D eigenvalue weighted by atomic mass is 9.94. The lowest BCUT2D eigenvalue weighted by molar-refractivity contribution is -0.134. The maximum atomic E-state index is 12.6. The van der Waals surface area contributed by atoms with Gasteiger partial charge in [0.25, 0.3) is 0 Å². The number of halogens is 2. The van der Waals surface area contributed by atoms with Gasteiger partial charge in [-0.1, -0.05) is 29.3 Å². The summed E-state index contributed by atoms with van der Waals surface area (Å²) in [7, 11) is 0. The highest BCUT2D eigenvalue weighted by molar-refractivity contribution is 6.35. The number of ketones is 1. The van der Waals surface area contributed by atoms with Crippen LogP contribution in [0.2, 0.25) is 10.0 Å². The van der Waals surface area contributed by atoms with Crippen LogP contribution in [0.15, 0.2) is 18.2 Å². The molecular weight excluding hydrogens is 285 g/mol. The zero-order valence-electron chi connectivity index (χ0n) is 10.3. The van der Waals surface area contributed by atoms with Gasteiger partial charge in [0.05, 0.1) is 12.0 Å². The second kappa shape index (κ2) is 4.50. The second-order valence-corrected chi connectivity index (χ2v) is 6.07. The Morgan fingerprint density at radius 3 is 2.53 bits per heavy atom. The minimum atomic E-state index is -0.522. The van der Waals surface area contributed by atoms with Crippen molar-refractivity contribution in [2.75, 3.05) is 13.1 Å². The molecule has 3 rings (SSSR count). The monoisotopic (exact) mass is 297 g/mol. The number of hydrogen-bond donors (Lipinski definition) is 0. The van der Waals surface area contributed by atoms with Crippen LogP contribution >= 0.6 is 23.2 Å². The molecule has 5 heteroatoms. The molecule has 100 valence electrons. The quantitative estimate of drug-likeness (QED) is 0.842. The molecule has 0 unspecified atom stereocenters. The van der Waals surface area contributed by atoms with E-state index in [2.05, 4.69) is 0 Å².